The van der Waals surface area contributed by atoms with E-state index >= 15 is 0 Å². The summed E-state index contributed by atoms with van der Waals surface area (Å²) in [5.74, 6) is 2.65. The highest BCUT2D eigenvalue weighted by Crippen LogP contribution is 2.55. The van der Waals surface area contributed by atoms with Crippen LogP contribution >= 0.6 is 11.8 Å². The molecule has 6 aromatic carbocycles. The second-order valence-electron chi connectivity index (χ2n) is 13.9. The summed E-state index contributed by atoms with van der Waals surface area (Å²) in [5, 5.41) is 1.12. The Morgan fingerprint density at radius 1 is 0.482 bits per heavy atom. The Kier molecular flexibility index (Phi) is 7.77. The largest absolute Gasteiger partial charge is 0.452 e. The molecule has 0 bridgehead atoms. The number of thioether (sulfide) groups is 1. The van der Waals surface area contributed by atoms with Gasteiger partial charge in [0.2, 0.25) is 0 Å². The number of nitrogens with zero attached hydrogens (tertiary/aromatic N) is 5. The van der Waals surface area contributed by atoms with Crippen LogP contribution in [-0.4, -0.2) is 30.2 Å². The maximum absolute atomic E-state index is 6.42. The van der Waals surface area contributed by atoms with Crippen molar-refractivity contribution in [3.05, 3.63) is 187 Å². The zero-order chi connectivity index (χ0) is 37.0. The number of rotatable bonds is 6. The number of para-hydroxylation sites is 1. The van der Waals surface area contributed by atoms with Crippen molar-refractivity contribution in [3.63, 3.8) is 0 Å². The molecule has 56 heavy (non-hydrogen) atoms. The second-order valence-corrected chi connectivity index (χ2v) is 15.1. The summed E-state index contributed by atoms with van der Waals surface area (Å²) in [6, 6.07) is 53.8. The van der Waals surface area contributed by atoms with Crippen LogP contribution in [0.15, 0.2) is 185 Å². The Morgan fingerprint density at radius 3 is 1.84 bits per heavy atom. The molecular formula is C49H31N5OS. The van der Waals surface area contributed by atoms with Crippen LogP contribution in [0, 0.1) is 0 Å². The van der Waals surface area contributed by atoms with Gasteiger partial charge in [-0.3, -0.25) is 0 Å². The summed E-state index contributed by atoms with van der Waals surface area (Å²) < 4.78 is 6.42. The van der Waals surface area contributed by atoms with Gasteiger partial charge in [-0.2, -0.15) is 0 Å². The first-order valence-corrected chi connectivity index (χ1v) is 19.5. The van der Waals surface area contributed by atoms with Crippen LogP contribution < -0.4 is 0 Å². The van der Waals surface area contributed by atoms with Crippen LogP contribution in [0.3, 0.4) is 0 Å². The highest BCUT2D eigenvalue weighted by molar-refractivity contribution is 8.00. The van der Waals surface area contributed by atoms with Crippen LogP contribution in [0.4, 0.5) is 0 Å². The number of benzene rings is 6. The predicted molar refractivity (Wildman–Crippen MR) is 226 cm³/mol. The summed E-state index contributed by atoms with van der Waals surface area (Å²) >= 11 is 1.85. The predicted octanol–water partition coefficient (Wildman–Crippen LogP) is 12.1. The molecule has 0 saturated heterocycles. The zero-order valence-corrected chi connectivity index (χ0v) is 30.8. The lowest BCUT2D eigenvalue weighted by Crippen LogP contribution is -2.14. The van der Waals surface area contributed by atoms with E-state index in [-0.39, 0.29) is 11.2 Å². The molecule has 3 aromatic heterocycles. The molecular weight excluding hydrogens is 707 g/mol. The fourth-order valence-corrected chi connectivity index (χ4v) is 9.35. The monoisotopic (exact) mass is 737 g/mol. The van der Waals surface area contributed by atoms with Gasteiger partial charge < -0.3 is 4.42 Å². The van der Waals surface area contributed by atoms with Crippen molar-refractivity contribution in [2.45, 2.75) is 16.1 Å². The minimum atomic E-state index is 0.0274. The minimum absolute atomic E-state index is 0.0274. The van der Waals surface area contributed by atoms with E-state index in [1.807, 2.05) is 84.6 Å². The molecule has 11 rings (SSSR count). The highest BCUT2D eigenvalue weighted by Gasteiger charge is 2.39. The first-order chi connectivity index (χ1) is 27.7. The number of aromatic nitrogens is 5. The summed E-state index contributed by atoms with van der Waals surface area (Å²) in [5.41, 5.74) is 11.5. The smallest absolute Gasteiger partial charge is 0.180 e. The Balaban J connectivity index is 1.04. The molecule has 2 atom stereocenters. The first kappa shape index (κ1) is 32.5. The molecule has 2 aliphatic rings. The van der Waals surface area contributed by atoms with Crippen LogP contribution in [-0.2, 0) is 0 Å². The second kappa shape index (κ2) is 13.4. The van der Waals surface area contributed by atoms with Gasteiger partial charge in [0.15, 0.2) is 28.9 Å². The van der Waals surface area contributed by atoms with Gasteiger partial charge in [-0.1, -0.05) is 164 Å². The third-order valence-corrected chi connectivity index (χ3v) is 12.0. The van der Waals surface area contributed by atoms with Crippen LogP contribution in [0.25, 0.3) is 84.2 Å². The lowest BCUT2D eigenvalue weighted by Gasteiger charge is -2.23. The van der Waals surface area contributed by atoms with E-state index in [1.165, 1.54) is 11.1 Å². The van der Waals surface area contributed by atoms with Crippen molar-refractivity contribution in [1.29, 1.82) is 0 Å². The van der Waals surface area contributed by atoms with Crippen molar-refractivity contribution in [2.75, 3.05) is 0 Å². The molecule has 9 aromatic rings. The van der Waals surface area contributed by atoms with Gasteiger partial charge in [-0.15, -0.1) is 11.8 Å². The van der Waals surface area contributed by atoms with E-state index < -0.39 is 0 Å². The molecule has 0 fully saturated rings. The van der Waals surface area contributed by atoms with E-state index in [9.17, 15) is 0 Å². The van der Waals surface area contributed by atoms with Crippen molar-refractivity contribution >= 4 is 39.4 Å². The Bertz CT molecular complexity index is 3000. The number of fused-ring (bicyclic) bond motifs is 6. The number of furan rings is 1. The zero-order valence-electron chi connectivity index (χ0n) is 30.0. The van der Waals surface area contributed by atoms with E-state index in [2.05, 4.69) is 103 Å². The molecule has 264 valence electrons. The SMILES string of the molecule is C1=CC2Sc3c(-c4nc(-c5ccccc5)nc(-c5ccc(-c6ccccc6)cc5)n4)cccc3C2C(c2nc(-c3ccccc3)c3oc4ccccc4c3n2)=C1. The van der Waals surface area contributed by atoms with Gasteiger partial charge in [-0.05, 0) is 28.8 Å². The standard InChI is InChI=1S/C49H31N5OS/c1-4-14-30(15-5-1)31-26-28-34(29-27-31)47-52-46(33-18-8-3-9-19-33)53-49(54-47)38-23-12-21-36-41-37(22-13-25-40(41)56-45(36)38)48-50-42(32-16-6-2-7-17-32)44-43(51-48)35-20-10-11-24-39(35)55-44/h1-29,40-41H. The summed E-state index contributed by atoms with van der Waals surface area (Å²) in [7, 11) is 0. The quantitative estimate of drug-likeness (QED) is 0.168. The third-order valence-electron chi connectivity index (χ3n) is 10.6. The van der Waals surface area contributed by atoms with Crippen molar-refractivity contribution in [1.82, 2.24) is 24.9 Å². The van der Waals surface area contributed by atoms with Crippen LogP contribution in [0.5, 0.6) is 0 Å². The lowest BCUT2D eigenvalue weighted by molar-refractivity contribution is 0.666. The van der Waals surface area contributed by atoms with Crippen molar-refractivity contribution < 1.29 is 4.42 Å². The fraction of sp³-hybridized carbons (Fsp3) is 0.0408. The molecule has 0 saturated carbocycles. The van der Waals surface area contributed by atoms with Crippen LogP contribution in [0.2, 0.25) is 0 Å². The van der Waals surface area contributed by atoms with Gasteiger partial charge in [0.1, 0.15) is 16.8 Å². The normalized spacial score (nSPS) is 15.8. The summed E-state index contributed by atoms with van der Waals surface area (Å²) in [6.45, 7) is 0. The molecule has 4 heterocycles. The Labute approximate surface area is 327 Å². The number of hydrogen-bond acceptors (Lipinski definition) is 7. The van der Waals surface area contributed by atoms with Crippen molar-refractivity contribution in [3.8, 4) is 56.5 Å². The fourth-order valence-electron chi connectivity index (χ4n) is 7.87. The van der Waals surface area contributed by atoms with Crippen LogP contribution in [0.1, 0.15) is 17.3 Å². The maximum Gasteiger partial charge on any atom is 0.180 e. The van der Waals surface area contributed by atoms with Crippen molar-refractivity contribution in [2.24, 2.45) is 0 Å². The van der Waals surface area contributed by atoms with Gasteiger partial charge in [-0.25, -0.2) is 24.9 Å². The van der Waals surface area contributed by atoms with E-state index in [4.69, 9.17) is 29.3 Å². The third kappa shape index (κ3) is 5.55. The van der Waals surface area contributed by atoms with E-state index in [0.29, 0.717) is 28.9 Å². The average molecular weight is 738 g/mol. The molecule has 6 nitrogen and oxygen atoms in total. The molecule has 7 heteroatoms. The van der Waals surface area contributed by atoms with Gasteiger partial charge in [0.25, 0.3) is 0 Å². The molecule has 0 N–H and O–H groups in total. The average Bonchev–Trinajstić information content (AvgIpc) is 3.86. The Hall–Kier alpha value is -6.96. The molecule has 1 aliphatic heterocycles. The van der Waals surface area contributed by atoms with Gasteiger partial charge in [0.05, 0.1) is 0 Å². The number of allylic oxidation sites excluding steroid dienone is 3. The molecule has 1 aliphatic carbocycles. The first-order valence-electron chi connectivity index (χ1n) is 18.7. The van der Waals surface area contributed by atoms with Gasteiger partial charge >= 0.3 is 0 Å². The van der Waals surface area contributed by atoms with E-state index in [0.717, 1.165) is 60.5 Å². The summed E-state index contributed by atoms with van der Waals surface area (Å²) in [6.07, 6.45) is 6.61. The maximum atomic E-state index is 6.42. The molecule has 0 radical (unpaired) electrons. The topological polar surface area (TPSA) is 77.6 Å². The molecule has 2 unspecified atom stereocenters. The molecule has 0 spiro atoms. The Morgan fingerprint density at radius 2 is 1.09 bits per heavy atom. The lowest BCUT2D eigenvalue weighted by atomic mass is 9.84. The highest BCUT2D eigenvalue weighted by atomic mass is 32.2. The van der Waals surface area contributed by atoms with E-state index in [1.54, 1.807) is 0 Å². The van der Waals surface area contributed by atoms with Gasteiger partial charge in [0, 0.05) is 49.3 Å². The minimum Gasteiger partial charge on any atom is -0.452 e. The number of hydrogen-bond donors (Lipinski definition) is 0. The molecule has 0 amide bonds. The summed E-state index contributed by atoms with van der Waals surface area (Å²) in [4.78, 5) is 27.0.